The lowest BCUT2D eigenvalue weighted by Gasteiger charge is -2.06. The van der Waals surface area contributed by atoms with Gasteiger partial charge in [-0.25, -0.2) is 0 Å². The first-order chi connectivity index (χ1) is 11.5. The first kappa shape index (κ1) is 14.6. The number of hydrogen-bond donors (Lipinski definition) is 0. The quantitative estimate of drug-likeness (QED) is 0.704. The molecule has 0 N–H and O–H groups in total. The second-order valence-corrected chi connectivity index (χ2v) is 5.07. The Hall–Kier alpha value is -3.03. The van der Waals surface area contributed by atoms with Crippen LogP contribution in [-0.2, 0) is 6.18 Å². The van der Waals surface area contributed by atoms with E-state index in [1.165, 1.54) is 12.1 Å². The van der Waals surface area contributed by atoms with Gasteiger partial charge in [-0.15, -0.1) is 0 Å². The Kier molecular flexibility index (Phi) is 3.19. The van der Waals surface area contributed by atoms with Gasteiger partial charge in [0.1, 0.15) is 0 Å². The molecule has 24 heavy (non-hydrogen) atoms. The number of alkyl halides is 3. The molecule has 8 heteroatoms. The van der Waals surface area contributed by atoms with Gasteiger partial charge in [-0.3, -0.25) is 0 Å². The lowest BCUT2D eigenvalue weighted by molar-refractivity contribution is -0.137. The van der Waals surface area contributed by atoms with Crippen LogP contribution in [-0.4, -0.2) is 16.9 Å². The molecule has 3 aromatic rings. The van der Waals surface area contributed by atoms with E-state index < -0.39 is 11.7 Å². The summed E-state index contributed by atoms with van der Waals surface area (Å²) in [5, 5.41) is 3.75. The molecule has 5 nitrogen and oxygen atoms in total. The second-order valence-electron chi connectivity index (χ2n) is 5.07. The third-order valence-corrected chi connectivity index (χ3v) is 3.49. The lowest BCUT2D eigenvalue weighted by atomic mass is 10.1. The zero-order chi connectivity index (χ0) is 16.7. The number of ether oxygens (including phenoxy) is 2. The van der Waals surface area contributed by atoms with E-state index in [0.29, 0.717) is 17.1 Å². The fourth-order valence-electron chi connectivity index (χ4n) is 2.32. The molecule has 2 aromatic carbocycles. The van der Waals surface area contributed by atoms with Crippen LogP contribution in [0.4, 0.5) is 13.2 Å². The van der Waals surface area contributed by atoms with Crippen molar-refractivity contribution in [1.82, 2.24) is 10.1 Å². The van der Waals surface area contributed by atoms with E-state index in [1.807, 2.05) is 0 Å². The molecule has 1 aromatic heterocycles. The van der Waals surface area contributed by atoms with E-state index in [0.717, 1.165) is 12.1 Å². The number of aromatic nitrogens is 2. The summed E-state index contributed by atoms with van der Waals surface area (Å²) in [6, 6.07) is 9.84. The molecule has 2 heterocycles. The molecule has 4 rings (SSSR count). The van der Waals surface area contributed by atoms with E-state index in [1.54, 1.807) is 18.2 Å². The van der Waals surface area contributed by atoms with Gasteiger partial charge in [-0.1, -0.05) is 17.3 Å². The van der Waals surface area contributed by atoms with Crippen LogP contribution in [0.2, 0.25) is 0 Å². The Balaban J connectivity index is 1.68. The molecule has 0 saturated carbocycles. The summed E-state index contributed by atoms with van der Waals surface area (Å²) in [6.45, 7) is 0.137. The molecular weight excluding hydrogens is 325 g/mol. The summed E-state index contributed by atoms with van der Waals surface area (Å²) >= 11 is 0. The van der Waals surface area contributed by atoms with Gasteiger partial charge in [-0.05, 0) is 30.3 Å². The molecule has 0 aliphatic carbocycles. The highest BCUT2D eigenvalue weighted by Crippen LogP contribution is 2.36. The maximum absolute atomic E-state index is 12.8. The molecule has 122 valence electrons. The van der Waals surface area contributed by atoms with Crippen LogP contribution in [0.5, 0.6) is 11.5 Å². The maximum Gasteiger partial charge on any atom is 0.416 e. The minimum absolute atomic E-state index is 0.0776. The molecule has 0 fully saturated rings. The average molecular weight is 334 g/mol. The van der Waals surface area contributed by atoms with Crippen LogP contribution in [0, 0.1) is 0 Å². The summed E-state index contributed by atoms with van der Waals surface area (Å²) in [6.07, 6.45) is -4.43. The van der Waals surface area contributed by atoms with Crippen molar-refractivity contribution in [2.24, 2.45) is 0 Å². The fraction of sp³-hybridized carbons (Fsp3) is 0.125. The minimum Gasteiger partial charge on any atom is -0.454 e. The third-order valence-electron chi connectivity index (χ3n) is 3.49. The smallest absolute Gasteiger partial charge is 0.416 e. The predicted molar refractivity (Wildman–Crippen MR) is 76.3 cm³/mol. The highest BCUT2D eigenvalue weighted by atomic mass is 19.4. The Labute approximate surface area is 133 Å². The number of fused-ring (bicyclic) bond motifs is 1. The van der Waals surface area contributed by atoms with Crippen LogP contribution < -0.4 is 9.47 Å². The molecule has 1 aliphatic rings. The highest BCUT2D eigenvalue weighted by molar-refractivity contribution is 5.63. The molecule has 1 aliphatic heterocycles. The van der Waals surface area contributed by atoms with E-state index >= 15 is 0 Å². The van der Waals surface area contributed by atoms with Crippen molar-refractivity contribution in [2.75, 3.05) is 6.79 Å². The number of halogens is 3. The fourth-order valence-corrected chi connectivity index (χ4v) is 2.32. The van der Waals surface area contributed by atoms with Crippen molar-refractivity contribution in [2.45, 2.75) is 6.18 Å². The van der Waals surface area contributed by atoms with E-state index in [-0.39, 0.29) is 24.1 Å². The molecule has 0 bridgehead atoms. The van der Waals surface area contributed by atoms with Gasteiger partial charge in [0.25, 0.3) is 5.89 Å². The van der Waals surface area contributed by atoms with Gasteiger partial charge >= 0.3 is 6.18 Å². The zero-order valence-corrected chi connectivity index (χ0v) is 12.0. The summed E-state index contributed by atoms with van der Waals surface area (Å²) in [5.41, 5.74) is 0.0416. The molecular formula is C16H9F3N2O3. The molecule has 0 unspecified atom stereocenters. The molecule has 0 spiro atoms. The third kappa shape index (κ3) is 2.55. The van der Waals surface area contributed by atoms with Crippen LogP contribution in [0.15, 0.2) is 47.0 Å². The van der Waals surface area contributed by atoms with Crippen LogP contribution >= 0.6 is 0 Å². The van der Waals surface area contributed by atoms with Crippen molar-refractivity contribution in [3.8, 4) is 34.3 Å². The van der Waals surface area contributed by atoms with Crippen molar-refractivity contribution < 1.29 is 27.2 Å². The Morgan fingerprint density at radius 1 is 0.917 bits per heavy atom. The summed E-state index contributed by atoms with van der Waals surface area (Å²) in [5.74, 6) is 1.41. The predicted octanol–water partition coefficient (Wildman–Crippen LogP) is 4.15. The normalized spacial score (nSPS) is 13.3. The Morgan fingerprint density at radius 2 is 1.75 bits per heavy atom. The summed E-state index contributed by atoms with van der Waals surface area (Å²) in [4.78, 5) is 4.16. The molecule has 0 amide bonds. The van der Waals surface area contributed by atoms with Gasteiger partial charge in [0.15, 0.2) is 11.5 Å². The molecule has 0 atom stereocenters. The Morgan fingerprint density at radius 3 is 2.58 bits per heavy atom. The standard InChI is InChI=1S/C16H9F3N2O3/c17-16(18,19)11-3-1-2-9(6-11)14-20-15(24-21-14)10-4-5-12-13(7-10)23-8-22-12/h1-7H,8H2. The van der Waals surface area contributed by atoms with Gasteiger partial charge in [-0.2, -0.15) is 18.2 Å². The second kappa shape index (κ2) is 5.26. The lowest BCUT2D eigenvalue weighted by Crippen LogP contribution is -2.04. The van der Waals surface area contributed by atoms with E-state index in [2.05, 4.69) is 10.1 Å². The van der Waals surface area contributed by atoms with Crippen molar-refractivity contribution >= 4 is 0 Å². The summed E-state index contributed by atoms with van der Waals surface area (Å²) in [7, 11) is 0. The Bertz CT molecular complexity index is 906. The monoisotopic (exact) mass is 334 g/mol. The number of benzene rings is 2. The maximum atomic E-state index is 12.8. The largest absolute Gasteiger partial charge is 0.454 e. The average Bonchev–Trinajstić information content (AvgIpc) is 3.22. The molecule has 0 saturated heterocycles. The first-order valence-corrected chi connectivity index (χ1v) is 6.92. The first-order valence-electron chi connectivity index (χ1n) is 6.92. The van der Waals surface area contributed by atoms with Gasteiger partial charge < -0.3 is 14.0 Å². The summed E-state index contributed by atoms with van der Waals surface area (Å²) < 4.78 is 54.0. The van der Waals surface area contributed by atoms with Crippen LogP contribution in [0.3, 0.4) is 0 Å². The van der Waals surface area contributed by atoms with Crippen molar-refractivity contribution in [3.05, 3.63) is 48.0 Å². The number of hydrogen-bond acceptors (Lipinski definition) is 5. The van der Waals surface area contributed by atoms with Gasteiger partial charge in [0.05, 0.1) is 5.56 Å². The van der Waals surface area contributed by atoms with Gasteiger partial charge in [0, 0.05) is 11.1 Å². The molecule has 0 radical (unpaired) electrons. The number of nitrogens with zero attached hydrogens (tertiary/aromatic N) is 2. The topological polar surface area (TPSA) is 57.4 Å². The van der Waals surface area contributed by atoms with Crippen LogP contribution in [0.1, 0.15) is 5.56 Å². The van der Waals surface area contributed by atoms with Crippen molar-refractivity contribution in [1.29, 1.82) is 0 Å². The van der Waals surface area contributed by atoms with Crippen LogP contribution in [0.25, 0.3) is 22.8 Å². The zero-order valence-electron chi connectivity index (χ0n) is 12.0. The SMILES string of the molecule is FC(F)(F)c1cccc(-c2noc(-c3ccc4c(c3)OCO4)n2)c1. The van der Waals surface area contributed by atoms with Gasteiger partial charge in [0.2, 0.25) is 12.6 Å². The number of rotatable bonds is 2. The highest BCUT2D eigenvalue weighted by Gasteiger charge is 2.30. The van der Waals surface area contributed by atoms with Crippen molar-refractivity contribution in [3.63, 3.8) is 0 Å². The van der Waals surface area contributed by atoms with E-state index in [4.69, 9.17) is 14.0 Å². The van der Waals surface area contributed by atoms with E-state index in [9.17, 15) is 13.2 Å². The minimum atomic E-state index is -4.43.